The maximum atomic E-state index is 13.1. The molecule has 0 spiro atoms. The number of urea groups is 1. The van der Waals surface area contributed by atoms with Crippen molar-refractivity contribution in [3.05, 3.63) is 103 Å². The molecular formula is C22H22FN3O. The van der Waals surface area contributed by atoms with Gasteiger partial charge in [-0.15, -0.1) is 6.58 Å². The fourth-order valence-corrected chi connectivity index (χ4v) is 2.83. The van der Waals surface area contributed by atoms with E-state index in [-0.39, 0.29) is 11.8 Å². The Kier molecular flexibility index (Phi) is 6.05. The van der Waals surface area contributed by atoms with Gasteiger partial charge in [0.15, 0.2) is 0 Å². The van der Waals surface area contributed by atoms with Gasteiger partial charge in [0.25, 0.3) is 0 Å². The molecule has 0 fully saturated rings. The highest BCUT2D eigenvalue weighted by molar-refractivity contribution is 5.89. The summed E-state index contributed by atoms with van der Waals surface area (Å²) in [6.45, 7) is 5.24. The lowest BCUT2D eigenvalue weighted by atomic mass is 10.2. The highest BCUT2D eigenvalue weighted by Crippen LogP contribution is 2.13. The molecule has 0 aliphatic carbocycles. The summed E-state index contributed by atoms with van der Waals surface area (Å²) in [7, 11) is 0. The molecular weight excluding hydrogens is 341 g/mol. The van der Waals surface area contributed by atoms with Crippen LogP contribution in [0, 0.1) is 5.82 Å². The zero-order valence-corrected chi connectivity index (χ0v) is 15.0. The molecule has 0 aliphatic heterocycles. The van der Waals surface area contributed by atoms with E-state index in [4.69, 9.17) is 0 Å². The minimum atomic E-state index is -0.249. The van der Waals surface area contributed by atoms with Gasteiger partial charge in [-0.05, 0) is 42.0 Å². The number of nitrogens with one attached hydrogen (secondary N) is 1. The van der Waals surface area contributed by atoms with Gasteiger partial charge >= 0.3 is 6.03 Å². The molecule has 0 aliphatic rings. The Morgan fingerprint density at radius 1 is 1.07 bits per heavy atom. The second-order valence-electron chi connectivity index (χ2n) is 6.22. The third-order valence-electron chi connectivity index (χ3n) is 4.20. The average molecular weight is 363 g/mol. The summed E-state index contributed by atoms with van der Waals surface area (Å²) in [5.74, 6) is -0.249. The standard InChI is InChI=1S/C22H22FN3O/c1-2-14-26(22(27)24-20-7-4-3-5-8-20)17-21-9-6-15-25(21)16-18-10-12-19(23)13-11-18/h2-13,15H,1,14,16-17H2,(H,24,27). The first-order chi connectivity index (χ1) is 13.2. The number of benzene rings is 2. The number of carbonyl (C=O) groups is 1. The molecule has 3 rings (SSSR count). The molecule has 1 aromatic heterocycles. The number of hydrogen-bond acceptors (Lipinski definition) is 1. The summed E-state index contributed by atoms with van der Waals surface area (Å²) in [6.07, 6.45) is 3.66. The normalized spacial score (nSPS) is 10.4. The average Bonchev–Trinajstić information content (AvgIpc) is 3.11. The van der Waals surface area contributed by atoms with Crippen LogP contribution in [-0.2, 0) is 13.1 Å². The van der Waals surface area contributed by atoms with Crippen LogP contribution < -0.4 is 5.32 Å². The minimum Gasteiger partial charge on any atom is -0.345 e. The molecule has 2 amide bonds. The largest absolute Gasteiger partial charge is 0.345 e. The molecule has 0 radical (unpaired) electrons. The van der Waals surface area contributed by atoms with Crippen LogP contribution in [0.15, 0.2) is 85.6 Å². The van der Waals surface area contributed by atoms with E-state index in [2.05, 4.69) is 16.5 Å². The highest BCUT2D eigenvalue weighted by atomic mass is 19.1. The smallest absolute Gasteiger partial charge is 0.322 e. The molecule has 5 heteroatoms. The number of rotatable bonds is 7. The number of aromatic nitrogens is 1. The molecule has 0 unspecified atom stereocenters. The predicted octanol–water partition coefficient (Wildman–Crippen LogP) is 4.90. The summed E-state index contributed by atoms with van der Waals surface area (Å²) in [5, 5.41) is 2.90. The molecule has 1 heterocycles. The fraction of sp³-hybridized carbons (Fsp3) is 0.136. The van der Waals surface area contributed by atoms with Gasteiger partial charge in [0.2, 0.25) is 0 Å². The van der Waals surface area contributed by atoms with Crippen molar-refractivity contribution in [2.24, 2.45) is 0 Å². The van der Waals surface area contributed by atoms with E-state index < -0.39 is 0 Å². The summed E-state index contributed by atoms with van der Waals surface area (Å²) in [5.41, 5.74) is 2.74. The predicted molar refractivity (Wildman–Crippen MR) is 106 cm³/mol. The van der Waals surface area contributed by atoms with Crippen LogP contribution >= 0.6 is 0 Å². The van der Waals surface area contributed by atoms with Crippen molar-refractivity contribution < 1.29 is 9.18 Å². The lowest BCUT2D eigenvalue weighted by Crippen LogP contribution is -2.35. The summed E-state index contributed by atoms with van der Waals surface area (Å²) < 4.78 is 15.2. The summed E-state index contributed by atoms with van der Waals surface area (Å²) in [6, 6.07) is 19.5. The number of anilines is 1. The molecule has 27 heavy (non-hydrogen) atoms. The van der Waals surface area contributed by atoms with Gasteiger partial charge in [-0.3, -0.25) is 0 Å². The Hall–Kier alpha value is -3.34. The Balaban J connectivity index is 1.71. The Morgan fingerprint density at radius 2 is 1.81 bits per heavy atom. The van der Waals surface area contributed by atoms with Crippen molar-refractivity contribution >= 4 is 11.7 Å². The van der Waals surface area contributed by atoms with Crippen LogP contribution in [0.2, 0.25) is 0 Å². The van der Waals surface area contributed by atoms with Crippen molar-refractivity contribution in [1.29, 1.82) is 0 Å². The van der Waals surface area contributed by atoms with E-state index in [9.17, 15) is 9.18 Å². The van der Waals surface area contributed by atoms with Gasteiger partial charge < -0.3 is 14.8 Å². The number of para-hydroxylation sites is 1. The summed E-state index contributed by atoms with van der Waals surface area (Å²) >= 11 is 0. The number of hydrogen-bond donors (Lipinski definition) is 1. The molecule has 4 nitrogen and oxygen atoms in total. The first kappa shape index (κ1) is 18.5. The van der Waals surface area contributed by atoms with Crippen LogP contribution in [0.5, 0.6) is 0 Å². The van der Waals surface area contributed by atoms with Gasteiger partial charge in [0.05, 0.1) is 6.54 Å². The zero-order chi connectivity index (χ0) is 19.1. The van der Waals surface area contributed by atoms with E-state index in [1.165, 1.54) is 12.1 Å². The maximum absolute atomic E-state index is 13.1. The van der Waals surface area contributed by atoms with Crippen LogP contribution in [0.1, 0.15) is 11.3 Å². The van der Waals surface area contributed by atoms with Gasteiger partial charge in [0.1, 0.15) is 5.82 Å². The van der Waals surface area contributed by atoms with Crippen molar-refractivity contribution in [3.63, 3.8) is 0 Å². The molecule has 2 aromatic carbocycles. The number of nitrogens with zero attached hydrogens (tertiary/aromatic N) is 2. The molecule has 138 valence electrons. The monoisotopic (exact) mass is 363 g/mol. The van der Waals surface area contributed by atoms with Crippen LogP contribution in [-0.4, -0.2) is 22.0 Å². The van der Waals surface area contributed by atoms with Gasteiger partial charge in [-0.2, -0.15) is 0 Å². The molecule has 1 N–H and O–H groups in total. The third-order valence-corrected chi connectivity index (χ3v) is 4.20. The first-order valence-corrected chi connectivity index (χ1v) is 8.76. The van der Waals surface area contributed by atoms with E-state index in [0.29, 0.717) is 19.6 Å². The van der Waals surface area contributed by atoms with E-state index >= 15 is 0 Å². The van der Waals surface area contributed by atoms with Gasteiger partial charge in [-0.25, -0.2) is 9.18 Å². The van der Waals surface area contributed by atoms with Crippen molar-refractivity contribution in [3.8, 4) is 0 Å². The van der Waals surface area contributed by atoms with E-state index in [1.807, 2.05) is 48.7 Å². The SMILES string of the molecule is C=CCN(Cc1cccn1Cc1ccc(F)cc1)C(=O)Nc1ccccc1. The number of amides is 2. The molecule has 0 saturated carbocycles. The molecule has 0 bridgehead atoms. The minimum absolute atomic E-state index is 0.185. The van der Waals surface area contributed by atoms with Crippen molar-refractivity contribution in [2.75, 3.05) is 11.9 Å². The quantitative estimate of drug-likeness (QED) is 0.596. The van der Waals surface area contributed by atoms with Crippen molar-refractivity contribution in [1.82, 2.24) is 9.47 Å². The molecule has 3 aromatic rings. The zero-order valence-electron chi connectivity index (χ0n) is 15.0. The lowest BCUT2D eigenvalue weighted by Gasteiger charge is -2.22. The highest BCUT2D eigenvalue weighted by Gasteiger charge is 2.15. The number of carbonyl (C=O) groups excluding carboxylic acids is 1. The topological polar surface area (TPSA) is 37.3 Å². The van der Waals surface area contributed by atoms with Gasteiger partial charge in [-0.1, -0.05) is 36.4 Å². The fourth-order valence-electron chi connectivity index (χ4n) is 2.83. The van der Waals surface area contributed by atoms with E-state index in [0.717, 1.165) is 16.9 Å². The Labute approximate surface area is 158 Å². The van der Waals surface area contributed by atoms with Crippen LogP contribution in [0.4, 0.5) is 14.9 Å². The first-order valence-electron chi connectivity index (χ1n) is 8.76. The van der Waals surface area contributed by atoms with E-state index in [1.54, 1.807) is 23.1 Å². The third kappa shape index (κ3) is 5.07. The van der Waals surface area contributed by atoms with Crippen molar-refractivity contribution in [2.45, 2.75) is 13.1 Å². The second kappa shape index (κ2) is 8.85. The maximum Gasteiger partial charge on any atom is 0.322 e. The molecule has 0 atom stereocenters. The van der Waals surface area contributed by atoms with Gasteiger partial charge in [0, 0.05) is 30.7 Å². The Bertz CT molecular complexity index is 887. The summed E-state index contributed by atoms with van der Waals surface area (Å²) in [4.78, 5) is 14.3. The Morgan fingerprint density at radius 3 is 2.52 bits per heavy atom. The second-order valence-corrected chi connectivity index (χ2v) is 6.22. The lowest BCUT2D eigenvalue weighted by molar-refractivity contribution is 0.214. The molecule has 0 saturated heterocycles. The number of halogens is 1. The van der Waals surface area contributed by atoms with Crippen LogP contribution in [0.3, 0.4) is 0 Å². The van der Waals surface area contributed by atoms with Crippen LogP contribution in [0.25, 0.3) is 0 Å².